The van der Waals surface area contributed by atoms with Gasteiger partial charge in [0.15, 0.2) is 0 Å². The maximum Gasteiger partial charge on any atom is 0.230 e. The molecule has 156 valence electrons. The first kappa shape index (κ1) is 18.4. The monoisotopic (exact) mass is 424 g/mol. The van der Waals surface area contributed by atoms with Gasteiger partial charge in [-0.05, 0) is 47.5 Å². The highest BCUT2D eigenvalue weighted by atomic mass is 15.1. The SMILES string of the molecule is [2H]c1cccc(B(C)c2cccc(-c3ccc4c5ccccc5n(-c5ccccn5)c4c3)c2)n1. The van der Waals surface area contributed by atoms with Crippen LogP contribution in [0.1, 0.15) is 1.37 Å². The summed E-state index contributed by atoms with van der Waals surface area (Å²) < 4.78 is 10.1. The fraction of sp³-hybridized carbons (Fsp3) is 0.0345. The zero-order valence-electron chi connectivity index (χ0n) is 19.3. The van der Waals surface area contributed by atoms with Crippen LogP contribution in [0.5, 0.6) is 0 Å². The highest BCUT2D eigenvalue weighted by molar-refractivity contribution is 6.83. The molecule has 3 heterocycles. The molecule has 33 heavy (non-hydrogen) atoms. The lowest BCUT2D eigenvalue weighted by molar-refractivity contribution is 1.08. The molecule has 0 bridgehead atoms. The highest BCUT2D eigenvalue weighted by Gasteiger charge is 2.16. The van der Waals surface area contributed by atoms with E-state index < -0.39 is 0 Å². The maximum absolute atomic E-state index is 7.86. The van der Waals surface area contributed by atoms with E-state index in [4.69, 9.17) is 1.37 Å². The average Bonchev–Trinajstić information content (AvgIpc) is 3.22. The van der Waals surface area contributed by atoms with Crippen LogP contribution in [0.3, 0.4) is 0 Å². The summed E-state index contributed by atoms with van der Waals surface area (Å²) in [6.07, 6.45) is 2.14. The number of nitrogens with zero attached hydrogens (tertiary/aromatic N) is 3. The third-order valence-corrected chi connectivity index (χ3v) is 6.35. The summed E-state index contributed by atoms with van der Waals surface area (Å²) in [5.41, 5.74) is 6.70. The first-order valence-corrected chi connectivity index (χ1v) is 11.2. The van der Waals surface area contributed by atoms with E-state index in [9.17, 15) is 0 Å². The molecule has 6 rings (SSSR count). The molecule has 0 aliphatic rings. The molecule has 0 amide bonds. The van der Waals surface area contributed by atoms with Crippen molar-refractivity contribution in [2.75, 3.05) is 0 Å². The quantitative estimate of drug-likeness (QED) is 0.351. The van der Waals surface area contributed by atoms with E-state index in [0.29, 0.717) is 6.17 Å². The minimum atomic E-state index is 0.106. The van der Waals surface area contributed by atoms with Crippen LogP contribution in [-0.4, -0.2) is 21.2 Å². The van der Waals surface area contributed by atoms with Crippen molar-refractivity contribution in [1.29, 1.82) is 0 Å². The van der Waals surface area contributed by atoms with Gasteiger partial charge in [0.05, 0.1) is 12.4 Å². The van der Waals surface area contributed by atoms with Crippen LogP contribution in [-0.2, 0) is 0 Å². The Balaban J connectivity index is 1.50. The lowest BCUT2D eigenvalue weighted by Crippen LogP contribution is -2.40. The number of para-hydroxylation sites is 1. The van der Waals surface area contributed by atoms with Crippen LogP contribution >= 0.6 is 0 Å². The van der Waals surface area contributed by atoms with Crippen molar-refractivity contribution in [3.8, 4) is 16.9 Å². The lowest BCUT2D eigenvalue weighted by atomic mass is 9.44. The highest BCUT2D eigenvalue weighted by Crippen LogP contribution is 2.34. The second-order valence-electron chi connectivity index (χ2n) is 8.31. The minimum absolute atomic E-state index is 0.106. The summed E-state index contributed by atoms with van der Waals surface area (Å²) in [4.78, 5) is 9.06. The molecule has 0 saturated carbocycles. The molecule has 3 nitrogen and oxygen atoms in total. The molecule has 0 N–H and O–H groups in total. The van der Waals surface area contributed by atoms with Crippen molar-refractivity contribution in [2.45, 2.75) is 6.82 Å². The van der Waals surface area contributed by atoms with E-state index in [0.717, 1.165) is 33.6 Å². The number of rotatable bonds is 4. The zero-order valence-corrected chi connectivity index (χ0v) is 18.3. The average molecular weight is 424 g/mol. The molecule has 0 spiro atoms. The summed E-state index contributed by atoms with van der Waals surface area (Å²) in [7, 11) is 0. The van der Waals surface area contributed by atoms with Crippen LogP contribution in [0.25, 0.3) is 38.8 Å². The van der Waals surface area contributed by atoms with E-state index in [1.807, 2.05) is 36.5 Å². The topological polar surface area (TPSA) is 30.7 Å². The third kappa shape index (κ3) is 3.40. The Hall–Kier alpha value is -4.18. The van der Waals surface area contributed by atoms with Crippen molar-refractivity contribution in [1.82, 2.24) is 14.5 Å². The van der Waals surface area contributed by atoms with E-state index in [-0.39, 0.29) is 6.71 Å². The molecule has 4 heteroatoms. The fourth-order valence-electron chi connectivity index (χ4n) is 4.62. The predicted octanol–water partition coefficient (Wildman–Crippen LogP) is 5.48. The van der Waals surface area contributed by atoms with E-state index in [1.54, 1.807) is 6.07 Å². The largest absolute Gasteiger partial charge is 0.294 e. The molecular formula is C29H22BN3. The number of fused-ring (bicyclic) bond motifs is 3. The Kier molecular flexibility index (Phi) is 4.50. The van der Waals surface area contributed by atoms with Gasteiger partial charge in [-0.25, -0.2) is 4.98 Å². The van der Waals surface area contributed by atoms with Crippen LogP contribution < -0.4 is 11.1 Å². The summed E-state index contributed by atoms with van der Waals surface area (Å²) in [6, 6.07) is 35.4. The lowest BCUT2D eigenvalue weighted by Gasteiger charge is -2.11. The third-order valence-electron chi connectivity index (χ3n) is 6.35. The molecule has 0 aliphatic carbocycles. The number of benzene rings is 3. The van der Waals surface area contributed by atoms with Crippen LogP contribution in [0.15, 0.2) is 115 Å². The first-order valence-electron chi connectivity index (χ1n) is 11.7. The molecule has 0 atom stereocenters. The van der Waals surface area contributed by atoms with E-state index in [1.165, 1.54) is 16.2 Å². The van der Waals surface area contributed by atoms with Gasteiger partial charge in [-0.2, -0.15) is 0 Å². The number of aromatic nitrogens is 3. The van der Waals surface area contributed by atoms with Crippen molar-refractivity contribution in [2.24, 2.45) is 0 Å². The molecule has 0 fully saturated rings. The number of hydrogen-bond donors (Lipinski definition) is 0. The fourth-order valence-corrected chi connectivity index (χ4v) is 4.62. The van der Waals surface area contributed by atoms with Crippen LogP contribution in [0.2, 0.25) is 6.82 Å². The second-order valence-corrected chi connectivity index (χ2v) is 8.31. The van der Waals surface area contributed by atoms with Gasteiger partial charge in [0, 0.05) is 28.7 Å². The number of hydrogen-bond acceptors (Lipinski definition) is 2. The predicted molar refractivity (Wildman–Crippen MR) is 139 cm³/mol. The van der Waals surface area contributed by atoms with Crippen molar-refractivity contribution >= 4 is 39.6 Å². The Morgan fingerprint density at radius 1 is 0.697 bits per heavy atom. The Morgan fingerprint density at radius 3 is 2.39 bits per heavy atom. The Bertz CT molecular complexity index is 1640. The van der Waals surface area contributed by atoms with E-state index in [2.05, 4.69) is 88.1 Å². The molecule has 0 unspecified atom stereocenters. The van der Waals surface area contributed by atoms with Gasteiger partial charge in [-0.15, -0.1) is 0 Å². The smallest absolute Gasteiger partial charge is 0.230 e. The maximum atomic E-state index is 7.86. The molecule has 0 aliphatic heterocycles. The van der Waals surface area contributed by atoms with Gasteiger partial charge in [0.25, 0.3) is 0 Å². The normalized spacial score (nSPS) is 11.6. The Labute approximate surface area is 194 Å². The summed E-state index contributed by atoms with van der Waals surface area (Å²) in [5.74, 6) is 0.912. The minimum Gasteiger partial charge on any atom is -0.294 e. The van der Waals surface area contributed by atoms with Crippen molar-refractivity contribution in [3.63, 3.8) is 0 Å². The summed E-state index contributed by atoms with van der Waals surface area (Å²) in [6.45, 7) is 2.25. The van der Waals surface area contributed by atoms with Gasteiger partial charge in [0.2, 0.25) is 6.71 Å². The zero-order chi connectivity index (χ0) is 23.1. The number of pyridine rings is 2. The van der Waals surface area contributed by atoms with Gasteiger partial charge >= 0.3 is 0 Å². The molecule has 0 saturated heterocycles. The summed E-state index contributed by atoms with van der Waals surface area (Å²) >= 11 is 0. The van der Waals surface area contributed by atoms with Crippen molar-refractivity contribution in [3.05, 3.63) is 115 Å². The second kappa shape index (κ2) is 8.07. The van der Waals surface area contributed by atoms with Crippen LogP contribution in [0, 0.1) is 0 Å². The van der Waals surface area contributed by atoms with Crippen LogP contribution in [0.4, 0.5) is 0 Å². The first-order chi connectivity index (χ1) is 16.7. The van der Waals surface area contributed by atoms with Gasteiger partial charge in [-0.3, -0.25) is 9.55 Å². The van der Waals surface area contributed by atoms with E-state index >= 15 is 0 Å². The molecule has 3 aromatic heterocycles. The van der Waals surface area contributed by atoms with Gasteiger partial charge in [0.1, 0.15) is 5.82 Å². The van der Waals surface area contributed by atoms with Crippen molar-refractivity contribution < 1.29 is 1.37 Å². The molecule has 0 radical (unpaired) electrons. The molecule has 3 aromatic carbocycles. The molecule has 6 aromatic rings. The van der Waals surface area contributed by atoms with Gasteiger partial charge in [-0.1, -0.05) is 79.0 Å². The van der Waals surface area contributed by atoms with Gasteiger partial charge < -0.3 is 0 Å². The Morgan fingerprint density at radius 2 is 1.52 bits per heavy atom. The standard InChI is InChI=1S/C29H22BN3/c1-30(28-13-4-6-17-31-28)23-10-8-9-21(19-23)22-15-16-25-24-11-2-3-12-26(24)33(27(25)20-22)29-14-5-7-18-32-29/h2-20H,1H3/i17D. The molecular weight excluding hydrogens is 401 g/mol. The summed E-state index contributed by atoms with van der Waals surface area (Å²) in [5, 5.41) is 2.43.